The van der Waals surface area contributed by atoms with Crippen molar-refractivity contribution in [2.24, 2.45) is 0 Å². The topological polar surface area (TPSA) is 25.8 Å². The molecule has 144 valence electrons. The summed E-state index contributed by atoms with van der Waals surface area (Å²) < 4.78 is 1.03. The zero-order chi connectivity index (χ0) is 20.3. The summed E-state index contributed by atoms with van der Waals surface area (Å²) in [6, 6.07) is 31.9. The average Bonchev–Trinajstić information content (AvgIpc) is 2.84. The number of alkyl halides is 1. The summed E-state index contributed by atoms with van der Waals surface area (Å²) in [5.41, 5.74) is 9.16. The van der Waals surface area contributed by atoms with E-state index in [0.29, 0.717) is 0 Å². The van der Waals surface area contributed by atoms with Crippen LogP contribution in [0.15, 0.2) is 103 Å². The highest BCUT2D eigenvalue weighted by atomic mass is 127. The third kappa shape index (κ3) is 3.85. The first kappa shape index (κ1) is 18.9. The van der Waals surface area contributed by atoms with Gasteiger partial charge in [0, 0.05) is 33.3 Å². The molecule has 2 aromatic heterocycles. The number of pyridine rings is 2. The molecular formula is C27H19IN2. The van der Waals surface area contributed by atoms with Gasteiger partial charge in [-0.05, 0) is 46.5 Å². The van der Waals surface area contributed by atoms with Gasteiger partial charge in [0.15, 0.2) is 0 Å². The first-order chi connectivity index (χ1) is 14.8. The van der Waals surface area contributed by atoms with E-state index < -0.39 is 0 Å². The zero-order valence-corrected chi connectivity index (χ0v) is 18.5. The molecule has 0 aliphatic rings. The van der Waals surface area contributed by atoms with Crippen molar-refractivity contribution in [1.29, 1.82) is 0 Å². The predicted octanol–water partition coefficient (Wildman–Crippen LogP) is 7.57. The summed E-state index contributed by atoms with van der Waals surface area (Å²) in [6.45, 7) is 0. The standard InChI is InChI=1S/C27H19IN2/c28-17-19-4-6-20(7-5-19)23-12-13-24-15-25(18-30-27(24)16-23)21-8-10-22(11-9-21)26-3-1-2-14-29-26/h1-16,18H,17H2. The number of benzene rings is 3. The number of hydrogen-bond acceptors (Lipinski definition) is 2. The summed E-state index contributed by atoms with van der Waals surface area (Å²) in [4.78, 5) is 9.17. The average molecular weight is 498 g/mol. The Morgan fingerprint density at radius 1 is 0.600 bits per heavy atom. The molecule has 0 fully saturated rings. The third-order valence-corrected chi connectivity index (χ3v) is 6.19. The van der Waals surface area contributed by atoms with E-state index in [0.717, 1.165) is 37.7 Å². The zero-order valence-electron chi connectivity index (χ0n) is 16.3. The lowest BCUT2D eigenvalue weighted by Gasteiger charge is -2.08. The second-order valence-corrected chi connectivity index (χ2v) is 8.02. The van der Waals surface area contributed by atoms with E-state index in [1.807, 2.05) is 30.6 Å². The summed E-state index contributed by atoms with van der Waals surface area (Å²) >= 11 is 2.39. The molecule has 0 saturated carbocycles. The van der Waals surface area contributed by atoms with E-state index in [9.17, 15) is 0 Å². The number of halogens is 1. The second kappa shape index (κ2) is 8.36. The van der Waals surface area contributed by atoms with Crippen LogP contribution in [0, 0.1) is 0 Å². The van der Waals surface area contributed by atoms with Crippen LogP contribution in [0.5, 0.6) is 0 Å². The molecule has 0 unspecified atom stereocenters. The van der Waals surface area contributed by atoms with E-state index in [-0.39, 0.29) is 0 Å². The normalized spacial score (nSPS) is 11.0. The molecule has 0 bridgehead atoms. The van der Waals surface area contributed by atoms with Crippen LogP contribution in [0.3, 0.4) is 0 Å². The molecule has 0 atom stereocenters. The van der Waals surface area contributed by atoms with Crippen LogP contribution in [-0.4, -0.2) is 9.97 Å². The van der Waals surface area contributed by atoms with Crippen molar-refractivity contribution in [3.63, 3.8) is 0 Å². The Balaban J connectivity index is 1.45. The molecule has 0 radical (unpaired) electrons. The van der Waals surface area contributed by atoms with Gasteiger partial charge in [0.25, 0.3) is 0 Å². The van der Waals surface area contributed by atoms with Crippen molar-refractivity contribution in [3.05, 3.63) is 109 Å². The molecule has 5 aromatic rings. The van der Waals surface area contributed by atoms with Crippen molar-refractivity contribution in [1.82, 2.24) is 9.97 Å². The number of fused-ring (bicyclic) bond motifs is 1. The summed E-state index contributed by atoms with van der Waals surface area (Å²) in [5.74, 6) is 0. The molecule has 0 aliphatic carbocycles. The lowest BCUT2D eigenvalue weighted by atomic mass is 10.00. The highest BCUT2D eigenvalue weighted by Crippen LogP contribution is 2.28. The van der Waals surface area contributed by atoms with Gasteiger partial charge in [-0.1, -0.05) is 89.3 Å². The van der Waals surface area contributed by atoms with Gasteiger partial charge < -0.3 is 0 Å². The summed E-state index contributed by atoms with van der Waals surface area (Å²) in [5, 5.41) is 1.15. The fraction of sp³-hybridized carbons (Fsp3) is 0.0370. The van der Waals surface area contributed by atoms with Gasteiger partial charge in [-0.2, -0.15) is 0 Å². The molecule has 2 heterocycles. The van der Waals surface area contributed by atoms with Crippen molar-refractivity contribution in [2.75, 3.05) is 0 Å². The van der Waals surface area contributed by atoms with Gasteiger partial charge in [0.05, 0.1) is 11.2 Å². The van der Waals surface area contributed by atoms with Crippen LogP contribution in [0.2, 0.25) is 0 Å². The van der Waals surface area contributed by atoms with E-state index in [4.69, 9.17) is 4.98 Å². The van der Waals surface area contributed by atoms with Crippen molar-refractivity contribution in [2.45, 2.75) is 4.43 Å². The fourth-order valence-corrected chi connectivity index (χ4v) is 4.12. The van der Waals surface area contributed by atoms with Crippen LogP contribution in [0.1, 0.15) is 5.56 Å². The minimum absolute atomic E-state index is 0.986. The fourth-order valence-electron chi connectivity index (χ4n) is 3.61. The third-order valence-electron chi connectivity index (χ3n) is 5.30. The Kier molecular flexibility index (Phi) is 5.28. The minimum atomic E-state index is 0.986. The Hall–Kier alpha value is -3.05. The Morgan fingerprint density at radius 2 is 1.30 bits per heavy atom. The highest BCUT2D eigenvalue weighted by Gasteiger charge is 2.05. The maximum Gasteiger partial charge on any atom is 0.0708 e. The molecule has 5 rings (SSSR count). The van der Waals surface area contributed by atoms with Crippen LogP contribution >= 0.6 is 22.6 Å². The lowest BCUT2D eigenvalue weighted by molar-refractivity contribution is 1.33. The van der Waals surface area contributed by atoms with E-state index >= 15 is 0 Å². The molecule has 0 N–H and O–H groups in total. The van der Waals surface area contributed by atoms with E-state index in [1.165, 1.54) is 16.7 Å². The number of hydrogen-bond donors (Lipinski definition) is 0. The lowest BCUT2D eigenvalue weighted by Crippen LogP contribution is -1.86. The van der Waals surface area contributed by atoms with E-state index in [2.05, 4.69) is 100 Å². The first-order valence-corrected chi connectivity index (χ1v) is 11.4. The van der Waals surface area contributed by atoms with E-state index in [1.54, 1.807) is 0 Å². The van der Waals surface area contributed by atoms with Crippen molar-refractivity contribution >= 4 is 33.5 Å². The van der Waals surface area contributed by atoms with Crippen molar-refractivity contribution < 1.29 is 0 Å². The van der Waals surface area contributed by atoms with Gasteiger partial charge >= 0.3 is 0 Å². The van der Waals surface area contributed by atoms with Crippen LogP contribution in [0.4, 0.5) is 0 Å². The molecule has 3 heteroatoms. The second-order valence-electron chi connectivity index (χ2n) is 7.25. The van der Waals surface area contributed by atoms with Gasteiger partial charge in [0.2, 0.25) is 0 Å². The molecule has 0 amide bonds. The molecule has 3 aromatic carbocycles. The first-order valence-electron chi connectivity index (χ1n) is 9.87. The summed E-state index contributed by atoms with van der Waals surface area (Å²) in [6.07, 6.45) is 3.78. The molecule has 0 aliphatic heterocycles. The SMILES string of the molecule is ICc1ccc(-c2ccc3cc(-c4ccc(-c5ccccn5)cc4)cnc3c2)cc1. The largest absolute Gasteiger partial charge is 0.256 e. The van der Waals surface area contributed by atoms with Gasteiger partial charge in [0.1, 0.15) is 0 Å². The maximum absolute atomic E-state index is 4.74. The van der Waals surface area contributed by atoms with Gasteiger partial charge in [-0.3, -0.25) is 9.97 Å². The summed E-state index contributed by atoms with van der Waals surface area (Å²) in [7, 11) is 0. The number of rotatable bonds is 4. The highest BCUT2D eigenvalue weighted by molar-refractivity contribution is 14.1. The number of aromatic nitrogens is 2. The van der Waals surface area contributed by atoms with Gasteiger partial charge in [-0.25, -0.2) is 0 Å². The van der Waals surface area contributed by atoms with Crippen LogP contribution < -0.4 is 0 Å². The monoisotopic (exact) mass is 498 g/mol. The maximum atomic E-state index is 4.74. The van der Waals surface area contributed by atoms with Crippen molar-refractivity contribution in [3.8, 4) is 33.5 Å². The van der Waals surface area contributed by atoms with Crippen LogP contribution in [-0.2, 0) is 4.43 Å². The molecular weight excluding hydrogens is 479 g/mol. The quantitative estimate of drug-likeness (QED) is 0.189. The van der Waals surface area contributed by atoms with Gasteiger partial charge in [-0.15, -0.1) is 0 Å². The smallest absolute Gasteiger partial charge is 0.0708 e. The minimum Gasteiger partial charge on any atom is -0.256 e. The van der Waals surface area contributed by atoms with Crippen LogP contribution in [0.25, 0.3) is 44.4 Å². The Bertz CT molecular complexity index is 1290. The molecule has 30 heavy (non-hydrogen) atoms. The Labute approximate surface area is 189 Å². The molecule has 0 spiro atoms. The Morgan fingerprint density at radius 3 is 2.03 bits per heavy atom. The number of nitrogens with zero attached hydrogens (tertiary/aromatic N) is 2. The molecule has 2 nitrogen and oxygen atoms in total. The predicted molar refractivity (Wildman–Crippen MR) is 134 cm³/mol. The molecule has 0 saturated heterocycles.